The van der Waals surface area contributed by atoms with Gasteiger partial charge in [-0.05, 0) is 16.8 Å². The standard InChI is InChI=1S/C10H6BCl/c11-9-5-7-3-1-2-4-8(7)6-10(9)12/h1-6H. The Morgan fingerprint density at radius 1 is 1.00 bits per heavy atom. The van der Waals surface area contributed by atoms with Crippen molar-refractivity contribution in [3.8, 4) is 0 Å². The quantitative estimate of drug-likeness (QED) is 0.535. The van der Waals surface area contributed by atoms with Crippen LogP contribution >= 0.6 is 11.6 Å². The van der Waals surface area contributed by atoms with Gasteiger partial charge in [0.15, 0.2) is 0 Å². The lowest BCUT2D eigenvalue weighted by Gasteiger charge is -2.01. The first-order valence-electron chi connectivity index (χ1n) is 3.71. The highest BCUT2D eigenvalue weighted by molar-refractivity contribution is 6.45. The van der Waals surface area contributed by atoms with Crippen molar-refractivity contribution in [3.63, 3.8) is 0 Å². The zero-order chi connectivity index (χ0) is 8.55. The molecule has 0 fully saturated rings. The molecule has 0 heterocycles. The second-order valence-corrected chi connectivity index (χ2v) is 3.13. The van der Waals surface area contributed by atoms with Crippen LogP contribution in [0.1, 0.15) is 0 Å². The van der Waals surface area contributed by atoms with E-state index in [1.165, 1.54) is 0 Å². The molecule has 0 N–H and O–H groups in total. The summed E-state index contributed by atoms with van der Waals surface area (Å²) in [4.78, 5) is 0. The van der Waals surface area contributed by atoms with Crippen LogP contribution < -0.4 is 5.46 Å². The predicted octanol–water partition coefficient (Wildman–Crippen LogP) is 2.29. The lowest BCUT2D eigenvalue weighted by Crippen LogP contribution is -2.02. The molecule has 2 aromatic carbocycles. The summed E-state index contributed by atoms with van der Waals surface area (Å²) in [5, 5.41) is 2.87. The van der Waals surface area contributed by atoms with Gasteiger partial charge in [-0.2, -0.15) is 0 Å². The molecule has 2 radical (unpaired) electrons. The van der Waals surface area contributed by atoms with E-state index < -0.39 is 0 Å². The van der Waals surface area contributed by atoms with Gasteiger partial charge in [-0.3, -0.25) is 0 Å². The van der Waals surface area contributed by atoms with Crippen LogP contribution in [0.25, 0.3) is 10.8 Å². The van der Waals surface area contributed by atoms with E-state index in [-0.39, 0.29) is 0 Å². The third-order valence-electron chi connectivity index (χ3n) is 1.87. The fraction of sp³-hybridized carbons (Fsp3) is 0. The summed E-state index contributed by atoms with van der Waals surface area (Å²) in [5.74, 6) is 0. The molecular formula is C10H6BCl. The maximum Gasteiger partial charge on any atom is 0.115 e. The van der Waals surface area contributed by atoms with Gasteiger partial charge in [0, 0.05) is 5.02 Å². The summed E-state index contributed by atoms with van der Waals surface area (Å²) in [6.07, 6.45) is 0. The Kier molecular flexibility index (Phi) is 1.82. The highest BCUT2D eigenvalue weighted by atomic mass is 35.5. The Morgan fingerprint density at radius 2 is 1.58 bits per heavy atom. The van der Waals surface area contributed by atoms with E-state index in [1.54, 1.807) is 0 Å². The Balaban J connectivity index is 2.84. The van der Waals surface area contributed by atoms with Crippen LogP contribution in [-0.4, -0.2) is 7.85 Å². The van der Waals surface area contributed by atoms with Gasteiger partial charge in [0.25, 0.3) is 0 Å². The van der Waals surface area contributed by atoms with Crippen molar-refractivity contribution in [3.05, 3.63) is 41.4 Å². The molecule has 0 aliphatic heterocycles. The van der Waals surface area contributed by atoms with E-state index in [1.807, 2.05) is 36.4 Å². The van der Waals surface area contributed by atoms with Gasteiger partial charge in [0.05, 0.1) is 0 Å². The molecule has 2 heteroatoms. The van der Waals surface area contributed by atoms with Crippen LogP contribution in [0.15, 0.2) is 36.4 Å². The third-order valence-corrected chi connectivity index (χ3v) is 2.19. The van der Waals surface area contributed by atoms with Crippen molar-refractivity contribution in [1.82, 2.24) is 0 Å². The van der Waals surface area contributed by atoms with E-state index in [0.29, 0.717) is 10.5 Å². The van der Waals surface area contributed by atoms with Crippen LogP contribution in [0, 0.1) is 0 Å². The minimum Gasteiger partial charge on any atom is -0.0850 e. The van der Waals surface area contributed by atoms with E-state index >= 15 is 0 Å². The van der Waals surface area contributed by atoms with E-state index in [0.717, 1.165) is 10.8 Å². The first kappa shape index (κ1) is 7.69. The summed E-state index contributed by atoms with van der Waals surface area (Å²) in [6.45, 7) is 0. The first-order valence-corrected chi connectivity index (χ1v) is 4.09. The summed E-state index contributed by atoms with van der Waals surface area (Å²) in [5.41, 5.74) is 0.635. The zero-order valence-electron chi connectivity index (χ0n) is 6.42. The maximum absolute atomic E-state index is 5.86. The summed E-state index contributed by atoms with van der Waals surface area (Å²) in [7, 11) is 5.65. The van der Waals surface area contributed by atoms with Gasteiger partial charge >= 0.3 is 0 Å². The van der Waals surface area contributed by atoms with Crippen LogP contribution in [-0.2, 0) is 0 Å². The summed E-state index contributed by atoms with van der Waals surface area (Å²) >= 11 is 5.86. The molecule has 0 saturated carbocycles. The second kappa shape index (κ2) is 2.83. The van der Waals surface area contributed by atoms with Gasteiger partial charge in [-0.15, -0.1) is 0 Å². The Morgan fingerprint density at radius 3 is 2.25 bits per heavy atom. The maximum atomic E-state index is 5.86. The van der Waals surface area contributed by atoms with Crippen LogP contribution in [0.3, 0.4) is 0 Å². The first-order chi connectivity index (χ1) is 5.77. The highest BCUT2D eigenvalue weighted by Crippen LogP contribution is 2.16. The fourth-order valence-corrected chi connectivity index (χ4v) is 1.40. The molecule has 0 aliphatic rings. The van der Waals surface area contributed by atoms with Crippen molar-refractivity contribution in [2.24, 2.45) is 0 Å². The summed E-state index contributed by atoms with van der Waals surface area (Å²) in [6, 6.07) is 11.8. The monoisotopic (exact) mass is 172 g/mol. The van der Waals surface area contributed by atoms with Crippen LogP contribution in [0.5, 0.6) is 0 Å². The van der Waals surface area contributed by atoms with Gasteiger partial charge < -0.3 is 0 Å². The lowest BCUT2D eigenvalue weighted by atomic mass is 9.93. The molecule has 0 aliphatic carbocycles. The van der Waals surface area contributed by atoms with Crippen molar-refractivity contribution in [2.75, 3.05) is 0 Å². The molecule has 12 heavy (non-hydrogen) atoms. The molecule has 0 atom stereocenters. The molecule has 0 nitrogen and oxygen atoms in total. The van der Waals surface area contributed by atoms with Gasteiger partial charge in [0.1, 0.15) is 7.85 Å². The number of rotatable bonds is 0. The van der Waals surface area contributed by atoms with Crippen molar-refractivity contribution in [1.29, 1.82) is 0 Å². The van der Waals surface area contributed by atoms with Crippen molar-refractivity contribution >= 4 is 35.7 Å². The molecule has 0 unspecified atom stereocenters. The number of benzene rings is 2. The molecule has 0 bridgehead atoms. The SMILES string of the molecule is [B]c1cc2ccccc2cc1Cl. The van der Waals surface area contributed by atoms with Gasteiger partial charge in [-0.25, -0.2) is 0 Å². The predicted molar refractivity (Wildman–Crippen MR) is 54.3 cm³/mol. The topological polar surface area (TPSA) is 0 Å². The normalized spacial score (nSPS) is 10.4. The van der Waals surface area contributed by atoms with Gasteiger partial charge in [0.2, 0.25) is 0 Å². The molecule has 0 amide bonds. The van der Waals surface area contributed by atoms with Crippen LogP contribution in [0.4, 0.5) is 0 Å². The average Bonchev–Trinajstić information content (AvgIpc) is 2.07. The van der Waals surface area contributed by atoms with E-state index in [2.05, 4.69) is 0 Å². The Bertz CT molecular complexity index is 383. The largest absolute Gasteiger partial charge is 0.115 e. The number of hydrogen-bond donors (Lipinski definition) is 0. The molecule has 2 aromatic rings. The van der Waals surface area contributed by atoms with Crippen molar-refractivity contribution in [2.45, 2.75) is 0 Å². The Hall–Kier alpha value is -0.945. The lowest BCUT2D eigenvalue weighted by molar-refractivity contribution is 1.78. The van der Waals surface area contributed by atoms with Gasteiger partial charge in [-0.1, -0.05) is 47.4 Å². The highest BCUT2D eigenvalue weighted by Gasteiger charge is 1.96. The smallest absolute Gasteiger partial charge is 0.0850 e. The fourth-order valence-electron chi connectivity index (χ4n) is 1.23. The second-order valence-electron chi connectivity index (χ2n) is 2.72. The minimum atomic E-state index is 0.619. The average molecular weight is 172 g/mol. The van der Waals surface area contributed by atoms with Crippen LogP contribution in [0.2, 0.25) is 5.02 Å². The molecule has 0 spiro atoms. The Labute approximate surface area is 77.6 Å². The molecule has 0 aromatic heterocycles. The molecular weight excluding hydrogens is 166 g/mol. The third kappa shape index (κ3) is 1.21. The molecule has 56 valence electrons. The summed E-state index contributed by atoms with van der Waals surface area (Å²) < 4.78 is 0. The van der Waals surface area contributed by atoms with Crippen molar-refractivity contribution < 1.29 is 0 Å². The van der Waals surface area contributed by atoms with E-state index in [9.17, 15) is 0 Å². The number of fused-ring (bicyclic) bond motifs is 1. The molecule has 2 rings (SSSR count). The zero-order valence-corrected chi connectivity index (χ0v) is 7.18. The number of hydrogen-bond acceptors (Lipinski definition) is 0. The van der Waals surface area contributed by atoms with E-state index in [4.69, 9.17) is 19.4 Å². The molecule has 0 saturated heterocycles. The minimum absolute atomic E-state index is 0.619. The number of halogens is 1.